The summed E-state index contributed by atoms with van der Waals surface area (Å²) in [5.74, 6) is 0.0229. The first-order valence-electron chi connectivity index (χ1n) is 6.16. The number of aliphatic carboxylic acids is 1. The molecule has 0 saturated heterocycles. The van der Waals surface area contributed by atoms with Crippen LogP contribution in [-0.2, 0) is 11.2 Å². The van der Waals surface area contributed by atoms with Crippen molar-refractivity contribution in [2.75, 3.05) is 0 Å². The van der Waals surface area contributed by atoms with Crippen LogP contribution < -0.4 is 0 Å². The van der Waals surface area contributed by atoms with Crippen molar-refractivity contribution in [2.45, 2.75) is 46.0 Å². The number of hydrogen-bond donors (Lipinski definition) is 1. The Kier molecular flexibility index (Phi) is 3.52. The minimum Gasteiger partial charge on any atom is -0.481 e. The normalized spacial score (nSPS) is 29.2. The molecule has 0 unspecified atom stereocenters. The number of thiazole rings is 1. The van der Waals surface area contributed by atoms with E-state index in [9.17, 15) is 9.90 Å². The molecule has 1 N–H and O–H groups in total. The molecule has 0 bridgehead atoms. The fourth-order valence-electron chi connectivity index (χ4n) is 2.62. The van der Waals surface area contributed by atoms with Crippen LogP contribution in [0.3, 0.4) is 0 Å². The van der Waals surface area contributed by atoms with Crippen molar-refractivity contribution in [1.82, 2.24) is 4.98 Å². The predicted molar refractivity (Wildman–Crippen MR) is 68.3 cm³/mol. The number of nitrogens with zero attached hydrogens (tertiary/aromatic N) is 1. The number of carboxylic acids is 1. The first-order chi connectivity index (χ1) is 8.02. The van der Waals surface area contributed by atoms with Gasteiger partial charge >= 0.3 is 5.97 Å². The molecule has 0 aliphatic heterocycles. The highest BCUT2D eigenvalue weighted by atomic mass is 32.1. The summed E-state index contributed by atoms with van der Waals surface area (Å²) in [6.07, 6.45) is 4.23. The third kappa shape index (κ3) is 2.68. The second-order valence-corrected chi connectivity index (χ2v) is 6.36. The summed E-state index contributed by atoms with van der Waals surface area (Å²) in [5, 5.41) is 12.5. The van der Waals surface area contributed by atoms with E-state index in [-0.39, 0.29) is 0 Å². The molecule has 1 aliphatic rings. The van der Waals surface area contributed by atoms with Crippen LogP contribution in [0.4, 0.5) is 0 Å². The van der Waals surface area contributed by atoms with Crippen molar-refractivity contribution in [1.29, 1.82) is 0 Å². The average Bonchev–Trinajstić information content (AvgIpc) is 2.67. The third-order valence-electron chi connectivity index (χ3n) is 3.87. The molecule has 1 aromatic heterocycles. The van der Waals surface area contributed by atoms with Gasteiger partial charge in [0.1, 0.15) is 0 Å². The Balaban J connectivity index is 2.15. The first-order valence-corrected chi connectivity index (χ1v) is 7.04. The minimum atomic E-state index is -0.643. The lowest BCUT2D eigenvalue weighted by Gasteiger charge is -2.35. The number of carbonyl (C=O) groups is 1. The van der Waals surface area contributed by atoms with Gasteiger partial charge in [-0.2, -0.15) is 0 Å². The highest BCUT2D eigenvalue weighted by Crippen LogP contribution is 2.41. The molecule has 3 nitrogen and oxygen atoms in total. The molecule has 17 heavy (non-hydrogen) atoms. The summed E-state index contributed by atoms with van der Waals surface area (Å²) in [7, 11) is 0. The van der Waals surface area contributed by atoms with E-state index in [1.54, 1.807) is 11.3 Å². The zero-order chi connectivity index (χ0) is 12.5. The number of carboxylic acid groups (broad SMARTS) is 1. The van der Waals surface area contributed by atoms with Gasteiger partial charge in [-0.25, -0.2) is 4.98 Å². The van der Waals surface area contributed by atoms with Crippen LogP contribution in [0.1, 0.15) is 43.3 Å². The molecule has 2 rings (SSSR count). The Bertz CT molecular complexity index is 405. The van der Waals surface area contributed by atoms with Gasteiger partial charge in [-0.1, -0.05) is 6.92 Å². The van der Waals surface area contributed by atoms with Crippen LogP contribution >= 0.6 is 11.3 Å². The lowest BCUT2D eigenvalue weighted by Crippen LogP contribution is -2.37. The van der Waals surface area contributed by atoms with Crippen LogP contribution in [0, 0.1) is 18.3 Å². The van der Waals surface area contributed by atoms with E-state index < -0.39 is 11.4 Å². The molecule has 0 spiro atoms. The van der Waals surface area contributed by atoms with Crippen molar-refractivity contribution < 1.29 is 9.90 Å². The summed E-state index contributed by atoms with van der Waals surface area (Å²) < 4.78 is 0. The Morgan fingerprint density at radius 1 is 1.59 bits per heavy atom. The van der Waals surface area contributed by atoms with Gasteiger partial charge in [0.25, 0.3) is 0 Å². The van der Waals surface area contributed by atoms with Gasteiger partial charge < -0.3 is 5.11 Å². The van der Waals surface area contributed by atoms with Gasteiger partial charge in [-0.15, -0.1) is 11.3 Å². The molecule has 0 aromatic carbocycles. The van der Waals surface area contributed by atoms with Crippen molar-refractivity contribution in [3.8, 4) is 0 Å². The maximum absolute atomic E-state index is 11.6. The molecular formula is C13H19NO2S. The fourth-order valence-corrected chi connectivity index (χ4v) is 3.23. The lowest BCUT2D eigenvalue weighted by molar-refractivity contribution is -0.151. The van der Waals surface area contributed by atoms with Crippen molar-refractivity contribution in [3.05, 3.63) is 16.1 Å². The Morgan fingerprint density at radius 3 is 2.71 bits per heavy atom. The van der Waals surface area contributed by atoms with Gasteiger partial charge in [-0.3, -0.25) is 4.79 Å². The van der Waals surface area contributed by atoms with Crippen LogP contribution in [0.25, 0.3) is 0 Å². The largest absolute Gasteiger partial charge is 0.481 e. The van der Waals surface area contributed by atoms with E-state index >= 15 is 0 Å². The second kappa shape index (κ2) is 4.77. The van der Waals surface area contributed by atoms with Crippen LogP contribution in [0.15, 0.2) is 5.38 Å². The molecule has 1 aliphatic carbocycles. The third-order valence-corrected chi connectivity index (χ3v) is 4.69. The van der Waals surface area contributed by atoms with Crippen molar-refractivity contribution in [2.24, 2.45) is 11.3 Å². The van der Waals surface area contributed by atoms with E-state index in [4.69, 9.17) is 0 Å². The molecule has 4 heteroatoms. The van der Waals surface area contributed by atoms with Gasteiger partial charge in [0, 0.05) is 11.8 Å². The topological polar surface area (TPSA) is 50.2 Å². The van der Waals surface area contributed by atoms with Crippen LogP contribution in [0.5, 0.6) is 0 Å². The quantitative estimate of drug-likeness (QED) is 0.899. The fraction of sp³-hybridized carbons (Fsp3) is 0.692. The summed E-state index contributed by atoms with van der Waals surface area (Å²) in [6, 6.07) is 0. The molecule has 1 heterocycles. The maximum atomic E-state index is 11.6. The number of aromatic nitrogens is 1. The van der Waals surface area contributed by atoms with Gasteiger partial charge in [0.15, 0.2) is 0 Å². The zero-order valence-electron chi connectivity index (χ0n) is 10.4. The molecule has 1 fully saturated rings. The summed E-state index contributed by atoms with van der Waals surface area (Å²) in [6.45, 7) is 4.17. The molecule has 1 aromatic rings. The van der Waals surface area contributed by atoms with Crippen molar-refractivity contribution in [3.63, 3.8) is 0 Å². The van der Waals surface area contributed by atoms with E-state index in [1.165, 1.54) is 0 Å². The Labute approximate surface area is 106 Å². The van der Waals surface area contributed by atoms with E-state index in [2.05, 4.69) is 11.9 Å². The van der Waals surface area contributed by atoms with E-state index in [0.717, 1.165) is 36.4 Å². The monoisotopic (exact) mass is 253 g/mol. The predicted octanol–water partition coefficient (Wildman–Crippen LogP) is 3.28. The van der Waals surface area contributed by atoms with E-state index in [0.29, 0.717) is 12.3 Å². The van der Waals surface area contributed by atoms with Crippen LogP contribution in [-0.4, -0.2) is 16.1 Å². The summed E-state index contributed by atoms with van der Waals surface area (Å²) >= 11 is 1.60. The maximum Gasteiger partial charge on any atom is 0.310 e. The highest BCUT2D eigenvalue weighted by molar-refractivity contribution is 7.09. The molecule has 1 saturated carbocycles. The summed E-state index contributed by atoms with van der Waals surface area (Å²) in [4.78, 5) is 16.0. The first kappa shape index (κ1) is 12.6. The Morgan fingerprint density at radius 2 is 2.24 bits per heavy atom. The standard InChI is InChI=1S/C13H19NO2S/c1-9-3-5-13(6-4-9,12(15)16)7-11-8-17-10(2)14-11/h8-9H,3-7H2,1-2H3,(H,15,16). The average molecular weight is 253 g/mol. The smallest absolute Gasteiger partial charge is 0.310 e. The number of aryl methyl sites for hydroxylation is 1. The Hall–Kier alpha value is -0.900. The summed E-state index contributed by atoms with van der Waals surface area (Å²) in [5.41, 5.74) is 0.386. The zero-order valence-corrected chi connectivity index (χ0v) is 11.2. The van der Waals surface area contributed by atoms with Gasteiger partial charge in [0.05, 0.1) is 16.1 Å². The lowest BCUT2D eigenvalue weighted by atomic mass is 9.68. The molecule has 0 amide bonds. The molecule has 0 radical (unpaired) electrons. The number of hydrogen-bond acceptors (Lipinski definition) is 3. The molecule has 0 atom stereocenters. The van der Waals surface area contributed by atoms with E-state index in [1.807, 2.05) is 12.3 Å². The molecular weight excluding hydrogens is 234 g/mol. The molecule has 94 valence electrons. The van der Waals surface area contributed by atoms with Gasteiger partial charge in [-0.05, 0) is 38.5 Å². The van der Waals surface area contributed by atoms with Crippen LogP contribution in [0.2, 0.25) is 0 Å². The SMILES string of the molecule is Cc1nc(CC2(C(=O)O)CCC(C)CC2)cs1. The highest BCUT2D eigenvalue weighted by Gasteiger charge is 2.41. The van der Waals surface area contributed by atoms with Crippen molar-refractivity contribution >= 4 is 17.3 Å². The van der Waals surface area contributed by atoms with Gasteiger partial charge in [0.2, 0.25) is 0 Å². The minimum absolute atomic E-state index is 0.562. The second-order valence-electron chi connectivity index (χ2n) is 5.30. The number of rotatable bonds is 3.